The normalized spacial score (nSPS) is 19.4. The van der Waals surface area contributed by atoms with Crippen molar-refractivity contribution in [1.82, 2.24) is 9.88 Å². The first-order valence-electron chi connectivity index (χ1n) is 10.8. The number of aliphatic carboxylic acids is 1. The number of rotatable bonds is 7. The number of fused-ring (bicyclic) bond motifs is 1. The first-order valence-corrected chi connectivity index (χ1v) is 12.0. The molecular weight excluding hydrogens is 446 g/mol. The van der Waals surface area contributed by atoms with Gasteiger partial charge in [-0.2, -0.15) is 0 Å². The Morgan fingerprint density at radius 2 is 1.97 bits per heavy atom. The maximum absolute atomic E-state index is 11.0. The van der Waals surface area contributed by atoms with Gasteiger partial charge in [0.05, 0.1) is 16.6 Å². The monoisotopic (exact) mass is 473 g/mol. The molecule has 0 radical (unpaired) electrons. The summed E-state index contributed by atoms with van der Waals surface area (Å²) in [6.45, 7) is 9.65. The number of ether oxygens (including phenoxy) is 1. The largest absolute Gasteiger partial charge is 0.492 e. The van der Waals surface area contributed by atoms with Crippen molar-refractivity contribution >= 4 is 44.3 Å². The van der Waals surface area contributed by atoms with E-state index in [0.717, 1.165) is 56.9 Å². The number of anilines is 1. The number of piperazine rings is 1. The number of hydrogen-bond acceptors (Lipinski definition) is 6. The van der Waals surface area contributed by atoms with Gasteiger partial charge in [0, 0.05) is 36.7 Å². The van der Waals surface area contributed by atoms with Crippen molar-refractivity contribution in [3.8, 4) is 5.75 Å². The number of carboxylic acid groups (broad SMARTS) is 1. The Morgan fingerprint density at radius 3 is 2.69 bits per heavy atom. The number of nitrogens with zero attached hydrogens (tertiary/aromatic N) is 3. The predicted octanol–water partition coefficient (Wildman–Crippen LogP) is 4.86. The van der Waals surface area contributed by atoms with Gasteiger partial charge in [0.25, 0.3) is 0 Å². The van der Waals surface area contributed by atoms with Crippen LogP contribution in [0.25, 0.3) is 10.2 Å². The summed E-state index contributed by atoms with van der Waals surface area (Å²) in [6.07, 6.45) is 0.00460. The third-order valence-electron chi connectivity index (χ3n) is 5.93. The molecule has 1 N–H and O–H groups in total. The molecule has 4 rings (SSSR count). The Bertz CT molecular complexity index is 1110. The number of halogens is 1. The minimum atomic E-state index is -0.837. The molecule has 0 unspecified atom stereocenters. The fourth-order valence-electron chi connectivity index (χ4n) is 4.32. The second kappa shape index (κ2) is 9.65. The standard InChI is InChI=1S/C24H28ClN3O3S/c1-15-4-5-18(11-23(29)30)10-21(15)31-9-8-28-16(2)13-27(14-17(28)3)24-26-20-7-6-19(25)12-22(20)32-24/h4-7,10,12,16-17H,8-9,11,13-14H2,1-3H3,(H,29,30)/t16-,17+. The molecule has 170 valence electrons. The van der Waals surface area contributed by atoms with Gasteiger partial charge in [-0.15, -0.1) is 0 Å². The highest BCUT2D eigenvalue weighted by Gasteiger charge is 2.30. The van der Waals surface area contributed by atoms with E-state index in [9.17, 15) is 4.79 Å². The molecule has 1 aromatic heterocycles. The molecule has 32 heavy (non-hydrogen) atoms. The summed E-state index contributed by atoms with van der Waals surface area (Å²) in [5, 5.41) is 10.8. The van der Waals surface area contributed by atoms with Crippen LogP contribution in [0.1, 0.15) is 25.0 Å². The highest BCUT2D eigenvalue weighted by molar-refractivity contribution is 7.22. The Kier molecular flexibility index (Phi) is 6.88. The predicted molar refractivity (Wildman–Crippen MR) is 130 cm³/mol. The summed E-state index contributed by atoms with van der Waals surface area (Å²) in [6, 6.07) is 12.2. The van der Waals surface area contributed by atoms with Gasteiger partial charge in [-0.05, 0) is 56.2 Å². The molecule has 2 aromatic carbocycles. The molecule has 1 fully saturated rings. The molecule has 2 atom stereocenters. The highest BCUT2D eigenvalue weighted by atomic mass is 35.5. The average Bonchev–Trinajstić information content (AvgIpc) is 3.15. The molecular formula is C24H28ClN3O3S. The zero-order chi connectivity index (χ0) is 22.8. The van der Waals surface area contributed by atoms with Crippen LogP contribution in [-0.2, 0) is 11.2 Å². The number of carbonyl (C=O) groups is 1. The highest BCUT2D eigenvalue weighted by Crippen LogP contribution is 2.32. The van der Waals surface area contributed by atoms with Crippen LogP contribution in [0.3, 0.4) is 0 Å². The van der Waals surface area contributed by atoms with E-state index in [2.05, 4.69) is 23.6 Å². The first kappa shape index (κ1) is 22.8. The van der Waals surface area contributed by atoms with Gasteiger partial charge in [0.2, 0.25) is 0 Å². The summed E-state index contributed by atoms with van der Waals surface area (Å²) in [4.78, 5) is 20.6. The van der Waals surface area contributed by atoms with Crippen LogP contribution in [-0.4, -0.2) is 59.3 Å². The van der Waals surface area contributed by atoms with E-state index in [1.54, 1.807) is 11.3 Å². The summed E-state index contributed by atoms with van der Waals surface area (Å²) >= 11 is 7.82. The van der Waals surface area contributed by atoms with Gasteiger partial charge < -0.3 is 14.7 Å². The van der Waals surface area contributed by atoms with Gasteiger partial charge in [0.15, 0.2) is 5.13 Å². The van der Waals surface area contributed by atoms with Crippen molar-refractivity contribution in [1.29, 1.82) is 0 Å². The van der Waals surface area contributed by atoms with Crippen LogP contribution in [0.4, 0.5) is 5.13 Å². The molecule has 0 amide bonds. The Morgan fingerprint density at radius 1 is 1.22 bits per heavy atom. The van der Waals surface area contributed by atoms with Crippen molar-refractivity contribution in [2.75, 3.05) is 31.1 Å². The van der Waals surface area contributed by atoms with Gasteiger partial charge in [-0.1, -0.05) is 35.1 Å². The zero-order valence-corrected chi connectivity index (χ0v) is 20.1. The summed E-state index contributed by atoms with van der Waals surface area (Å²) < 4.78 is 7.16. The van der Waals surface area contributed by atoms with E-state index in [1.807, 2.05) is 43.3 Å². The van der Waals surface area contributed by atoms with Gasteiger partial charge in [-0.25, -0.2) is 4.98 Å². The Labute approximate surface area is 197 Å². The lowest BCUT2D eigenvalue weighted by molar-refractivity contribution is -0.136. The summed E-state index contributed by atoms with van der Waals surface area (Å²) in [7, 11) is 0. The number of aromatic nitrogens is 1. The number of carboxylic acids is 1. The second-order valence-electron chi connectivity index (χ2n) is 8.47. The Balaban J connectivity index is 1.36. The van der Waals surface area contributed by atoms with Crippen molar-refractivity contribution in [3.05, 3.63) is 52.5 Å². The molecule has 1 aliphatic rings. The minimum absolute atomic E-state index is 0.00460. The number of thiazole rings is 1. The molecule has 0 bridgehead atoms. The average molecular weight is 474 g/mol. The molecule has 0 aliphatic carbocycles. The summed E-state index contributed by atoms with van der Waals surface area (Å²) in [5.74, 6) is -0.0765. The van der Waals surface area contributed by atoms with E-state index in [0.29, 0.717) is 18.7 Å². The summed E-state index contributed by atoms with van der Waals surface area (Å²) in [5.41, 5.74) is 2.76. The number of hydrogen-bond donors (Lipinski definition) is 1. The third-order valence-corrected chi connectivity index (χ3v) is 7.24. The van der Waals surface area contributed by atoms with Crippen LogP contribution in [0.15, 0.2) is 36.4 Å². The maximum atomic E-state index is 11.0. The van der Waals surface area contributed by atoms with E-state index >= 15 is 0 Å². The third kappa shape index (κ3) is 5.17. The van der Waals surface area contributed by atoms with Crippen molar-refractivity contribution < 1.29 is 14.6 Å². The van der Waals surface area contributed by atoms with Crippen LogP contribution in [0, 0.1) is 6.92 Å². The van der Waals surface area contributed by atoms with Crippen LogP contribution in [0.5, 0.6) is 5.75 Å². The van der Waals surface area contributed by atoms with Gasteiger partial charge in [0.1, 0.15) is 12.4 Å². The minimum Gasteiger partial charge on any atom is -0.492 e. The topological polar surface area (TPSA) is 65.9 Å². The molecule has 3 aromatic rings. The molecule has 0 saturated carbocycles. The molecule has 1 saturated heterocycles. The van der Waals surface area contributed by atoms with Crippen LogP contribution >= 0.6 is 22.9 Å². The van der Waals surface area contributed by atoms with E-state index in [4.69, 9.17) is 26.4 Å². The SMILES string of the molecule is Cc1ccc(CC(=O)O)cc1OCCN1[C@H](C)CN(c2nc3ccc(Cl)cc3s2)C[C@@H]1C. The van der Waals surface area contributed by atoms with E-state index in [1.165, 1.54) is 0 Å². The van der Waals surface area contributed by atoms with E-state index < -0.39 is 5.97 Å². The first-order chi connectivity index (χ1) is 15.3. The molecule has 2 heterocycles. The Hall–Kier alpha value is -2.35. The zero-order valence-electron chi connectivity index (χ0n) is 18.5. The van der Waals surface area contributed by atoms with Crippen LogP contribution < -0.4 is 9.64 Å². The second-order valence-corrected chi connectivity index (χ2v) is 9.91. The molecule has 6 nitrogen and oxygen atoms in total. The maximum Gasteiger partial charge on any atom is 0.307 e. The van der Waals surface area contributed by atoms with Crippen molar-refractivity contribution in [2.45, 2.75) is 39.3 Å². The fraction of sp³-hybridized carbons (Fsp3) is 0.417. The molecule has 1 aliphatic heterocycles. The molecule has 8 heteroatoms. The number of benzene rings is 2. The van der Waals surface area contributed by atoms with Gasteiger partial charge in [-0.3, -0.25) is 9.69 Å². The van der Waals surface area contributed by atoms with Gasteiger partial charge >= 0.3 is 5.97 Å². The van der Waals surface area contributed by atoms with Crippen molar-refractivity contribution in [3.63, 3.8) is 0 Å². The van der Waals surface area contributed by atoms with Crippen molar-refractivity contribution in [2.24, 2.45) is 0 Å². The quantitative estimate of drug-likeness (QED) is 0.528. The van der Waals surface area contributed by atoms with Crippen LogP contribution in [0.2, 0.25) is 5.02 Å². The van der Waals surface area contributed by atoms with E-state index in [-0.39, 0.29) is 6.42 Å². The lowest BCUT2D eigenvalue weighted by atomic mass is 10.1. The molecule has 0 spiro atoms. The lowest BCUT2D eigenvalue weighted by Crippen LogP contribution is -2.57. The smallest absolute Gasteiger partial charge is 0.307 e. The fourth-order valence-corrected chi connectivity index (χ4v) is 5.58. The lowest BCUT2D eigenvalue weighted by Gasteiger charge is -2.44. The number of aryl methyl sites for hydroxylation is 1.